The van der Waals surface area contributed by atoms with E-state index in [0.29, 0.717) is 13.2 Å². The van der Waals surface area contributed by atoms with E-state index < -0.39 is 12.0 Å². The quantitative estimate of drug-likeness (QED) is 0.759. The number of urea groups is 1. The van der Waals surface area contributed by atoms with Crippen molar-refractivity contribution in [2.45, 2.75) is 31.3 Å². The van der Waals surface area contributed by atoms with Gasteiger partial charge in [0.05, 0.1) is 13.2 Å². The Morgan fingerprint density at radius 1 is 1.41 bits per heavy atom. The SMILES string of the molecule is CN(C(=O)N1CCOCC1C(=O)O)C1CCC1. The van der Waals surface area contributed by atoms with Gasteiger partial charge in [0.25, 0.3) is 0 Å². The summed E-state index contributed by atoms with van der Waals surface area (Å²) in [7, 11) is 1.75. The minimum atomic E-state index is -1.000. The van der Waals surface area contributed by atoms with Crippen molar-refractivity contribution >= 4 is 12.0 Å². The Morgan fingerprint density at radius 3 is 2.65 bits per heavy atom. The molecular formula is C11H18N2O4. The number of nitrogens with zero attached hydrogens (tertiary/aromatic N) is 2. The summed E-state index contributed by atoms with van der Waals surface area (Å²) in [4.78, 5) is 26.3. The first-order chi connectivity index (χ1) is 8.11. The second kappa shape index (κ2) is 4.91. The Kier molecular flexibility index (Phi) is 3.51. The van der Waals surface area contributed by atoms with Crippen molar-refractivity contribution in [3.8, 4) is 0 Å². The van der Waals surface area contributed by atoms with E-state index in [2.05, 4.69) is 0 Å². The zero-order valence-electron chi connectivity index (χ0n) is 9.96. The highest BCUT2D eigenvalue weighted by molar-refractivity contribution is 5.83. The van der Waals surface area contributed by atoms with Crippen LogP contribution in [0.2, 0.25) is 0 Å². The average molecular weight is 242 g/mol. The smallest absolute Gasteiger partial charge is 0.328 e. The third-order valence-electron chi connectivity index (χ3n) is 3.58. The van der Waals surface area contributed by atoms with Gasteiger partial charge in [-0.05, 0) is 19.3 Å². The molecule has 1 unspecified atom stereocenters. The van der Waals surface area contributed by atoms with Crippen LogP contribution in [0.25, 0.3) is 0 Å². The van der Waals surface area contributed by atoms with Crippen LogP contribution in [0.5, 0.6) is 0 Å². The zero-order valence-corrected chi connectivity index (χ0v) is 9.96. The lowest BCUT2D eigenvalue weighted by atomic mass is 9.92. The molecule has 17 heavy (non-hydrogen) atoms. The highest BCUT2D eigenvalue weighted by atomic mass is 16.5. The lowest BCUT2D eigenvalue weighted by Crippen LogP contribution is -2.58. The van der Waals surface area contributed by atoms with Gasteiger partial charge in [0, 0.05) is 19.6 Å². The molecule has 1 saturated carbocycles. The summed E-state index contributed by atoms with van der Waals surface area (Å²) in [5.74, 6) is -1.000. The second-order valence-electron chi connectivity index (χ2n) is 4.60. The van der Waals surface area contributed by atoms with Gasteiger partial charge in [-0.3, -0.25) is 0 Å². The molecule has 2 rings (SSSR count). The Bertz CT molecular complexity index is 317. The highest BCUT2D eigenvalue weighted by Crippen LogP contribution is 2.25. The normalized spacial score (nSPS) is 25.2. The first kappa shape index (κ1) is 12.2. The van der Waals surface area contributed by atoms with Crippen LogP contribution in [-0.2, 0) is 9.53 Å². The van der Waals surface area contributed by atoms with E-state index in [9.17, 15) is 9.59 Å². The van der Waals surface area contributed by atoms with Crippen molar-refractivity contribution in [1.29, 1.82) is 0 Å². The van der Waals surface area contributed by atoms with Crippen molar-refractivity contribution in [1.82, 2.24) is 9.80 Å². The number of rotatable bonds is 2. The number of carboxylic acids is 1. The van der Waals surface area contributed by atoms with E-state index in [1.807, 2.05) is 0 Å². The lowest BCUT2D eigenvalue weighted by Gasteiger charge is -2.41. The van der Waals surface area contributed by atoms with E-state index >= 15 is 0 Å². The molecule has 0 aromatic carbocycles. The summed E-state index contributed by atoms with van der Waals surface area (Å²) in [5, 5.41) is 9.06. The van der Waals surface area contributed by atoms with Gasteiger partial charge in [-0.1, -0.05) is 0 Å². The molecule has 1 aliphatic heterocycles. The molecule has 0 aromatic rings. The first-order valence-electron chi connectivity index (χ1n) is 5.95. The minimum absolute atomic E-state index is 0.0829. The number of morpholine rings is 1. The molecule has 1 heterocycles. The van der Waals surface area contributed by atoms with Crippen LogP contribution >= 0.6 is 0 Å². The van der Waals surface area contributed by atoms with Crippen LogP contribution in [0, 0.1) is 0 Å². The molecule has 96 valence electrons. The van der Waals surface area contributed by atoms with Crippen LogP contribution in [0.15, 0.2) is 0 Å². The summed E-state index contributed by atoms with van der Waals surface area (Å²) in [6.07, 6.45) is 3.18. The number of ether oxygens (including phenoxy) is 1. The zero-order chi connectivity index (χ0) is 12.4. The summed E-state index contributed by atoms with van der Waals surface area (Å²) < 4.78 is 5.11. The number of hydrogen-bond acceptors (Lipinski definition) is 3. The maximum Gasteiger partial charge on any atom is 0.328 e. The Hall–Kier alpha value is -1.30. The number of hydrogen-bond donors (Lipinski definition) is 1. The minimum Gasteiger partial charge on any atom is -0.480 e. The Morgan fingerprint density at radius 2 is 2.12 bits per heavy atom. The fourth-order valence-electron chi connectivity index (χ4n) is 2.17. The molecule has 1 N–H and O–H groups in total. The first-order valence-corrected chi connectivity index (χ1v) is 5.95. The van der Waals surface area contributed by atoms with Gasteiger partial charge in [0.2, 0.25) is 0 Å². The van der Waals surface area contributed by atoms with Gasteiger partial charge in [-0.2, -0.15) is 0 Å². The number of carboxylic acid groups (broad SMARTS) is 1. The molecule has 2 amide bonds. The van der Waals surface area contributed by atoms with Gasteiger partial charge in [-0.15, -0.1) is 0 Å². The summed E-state index contributed by atoms with van der Waals surface area (Å²) >= 11 is 0. The maximum atomic E-state index is 12.2. The average Bonchev–Trinajstić information content (AvgIpc) is 2.25. The number of carbonyl (C=O) groups excluding carboxylic acids is 1. The molecule has 1 atom stereocenters. The molecule has 6 heteroatoms. The standard InChI is InChI=1S/C11H18N2O4/c1-12(8-3-2-4-8)11(16)13-5-6-17-7-9(13)10(14)15/h8-9H,2-7H2,1H3,(H,14,15). The molecule has 0 spiro atoms. The Balaban J connectivity index is 2.02. The van der Waals surface area contributed by atoms with Crippen molar-refractivity contribution in [2.24, 2.45) is 0 Å². The molecule has 0 radical (unpaired) electrons. The van der Waals surface area contributed by atoms with E-state index in [0.717, 1.165) is 19.3 Å². The molecule has 2 fully saturated rings. The molecule has 1 aliphatic carbocycles. The van der Waals surface area contributed by atoms with Gasteiger partial charge in [0.15, 0.2) is 6.04 Å². The van der Waals surface area contributed by atoms with E-state index in [-0.39, 0.29) is 18.7 Å². The van der Waals surface area contributed by atoms with Crippen LogP contribution < -0.4 is 0 Å². The van der Waals surface area contributed by atoms with Crippen LogP contribution in [0.1, 0.15) is 19.3 Å². The third kappa shape index (κ3) is 2.36. The largest absolute Gasteiger partial charge is 0.480 e. The van der Waals surface area contributed by atoms with Crippen LogP contribution in [0.4, 0.5) is 4.79 Å². The van der Waals surface area contributed by atoms with Crippen LogP contribution in [0.3, 0.4) is 0 Å². The predicted octanol–water partition coefficient (Wildman–Crippen LogP) is 0.376. The predicted molar refractivity (Wildman–Crippen MR) is 59.7 cm³/mol. The van der Waals surface area contributed by atoms with E-state index in [1.54, 1.807) is 11.9 Å². The van der Waals surface area contributed by atoms with Crippen molar-refractivity contribution in [3.63, 3.8) is 0 Å². The number of aliphatic carboxylic acids is 1. The summed E-state index contributed by atoms with van der Waals surface area (Å²) in [5.41, 5.74) is 0. The molecule has 2 aliphatic rings. The van der Waals surface area contributed by atoms with Gasteiger partial charge in [-0.25, -0.2) is 9.59 Å². The van der Waals surface area contributed by atoms with Gasteiger partial charge < -0.3 is 19.6 Å². The molecule has 0 aromatic heterocycles. The van der Waals surface area contributed by atoms with E-state index in [1.165, 1.54) is 4.90 Å². The molecule has 1 saturated heterocycles. The topological polar surface area (TPSA) is 70.1 Å². The monoisotopic (exact) mass is 242 g/mol. The highest BCUT2D eigenvalue weighted by Gasteiger charge is 2.36. The lowest BCUT2D eigenvalue weighted by molar-refractivity contribution is -0.147. The fraction of sp³-hybridized carbons (Fsp3) is 0.818. The number of carbonyl (C=O) groups is 2. The maximum absolute atomic E-state index is 12.2. The van der Waals surface area contributed by atoms with Crippen molar-refractivity contribution in [2.75, 3.05) is 26.8 Å². The Labute approximate surface area is 100 Å². The third-order valence-corrected chi connectivity index (χ3v) is 3.58. The summed E-state index contributed by atoms with van der Waals surface area (Å²) in [6, 6.07) is -0.760. The molecular weight excluding hydrogens is 224 g/mol. The fourth-order valence-corrected chi connectivity index (χ4v) is 2.17. The summed E-state index contributed by atoms with van der Waals surface area (Å²) in [6.45, 7) is 0.848. The van der Waals surface area contributed by atoms with Crippen molar-refractivity contribution < 1.29 is 19.4 Å². The second-order valence-corrected chi connectivity index (χ2v) is 4.60. The van der Waals surface area contributed by atoms with E-state index in [4.69, 9.17) is 9.84 Å². The van der Waals surface area contributed by atoms with Gasteiger partial charge >= 0.3 is 12.0 Å². The molecule has 0 bridgehead atoms. The van der Waals surface area contributed by atoms with Crippen LogP contribution in [-0.4, -0.2) is 65.8 Å². The number of amides is 2. The van der Waals surface area contributed by atoms with Crippen molar-refractivity contribution in [3.05, 3.63) is 0 Å². The molecule has 6 nitrogen and oxygen atoms in total. The van der Waals surface area contributed by atoms with Gasteiger partial charge in [0.1, 0.15) is 0 Å².